The van der Waals surface area contributed by atoms with Crippen LogP contribution >= 0.6 is 23.1 Å². The van der Waals surface area contributed by atoms with Gasteiger partial charge in [0.15, 0.2) is 0 Å². The van der Waals surface area contributed by atoms with E-state index in [-0.39, 0.29) is 12.3 Å². The molecule has 3 atom stereocenters. The Hall–Kier alpha value is -3.90. The third-order valence-corrected chi connectivity index (χ3v) is 8.50. The van der Waals surface area contributed by atoms with Crippen LogP contribution < -0.4 is 15.9 Å². The largest absolute Gasteiger partial charge is 0.508 e. The number of nitrogens with two attached hydrogens (primary N) is 1. The molecule has 178 valence electrons. The van der Waals surface area contributed by atoms with Gasteiger partial charge in [-0.2, -0.15) is 4.90 Å². The summed E-state index contributed by atoms with van der Waals surface area (Å²) in [5.74, 6) is -4.08. The number of phenols is 1. The van der Waals surface area contributed by atoms with Crippen LogP contribution in [0, 0.1) is 5.92 Å². The monoisotopic (exact) mass is 510 g/mol. The van der Waals surface area contributed by atoms with Gasteiger partial charge in [-0.05, 0) is 18.2 Å². The second-order valence-electron chi connectivity index (χ2n) is 7.99. The quantitative estimate of drug-likeness (QED) is 0.454. The molecule has 1 fully saturated rings. The number of thiazole rings is 1. The summed E-state index contributed by atoms with van der Waals surface area (Å²) in [5, 5.41) is 12.6. The van der Waals surface area contributed by atoms with Gasteiger partial charge in [-0.15, -0.1) is 0 Å². The standard InChI is InChI=1S/C23H18N4O6S2/c24-22(32)27-19(30)16-15(12-8-4-5-9-13(12)28)18-21(34-17(16)20(27)31)26(23(33)35-18)10-14(29)25-11-6-2-1-3-7-11/h1-9,15-17,28H,10H2,(H2,24,32)(H,25,29). The van der Waals surface area contributed by atoms with Crippen molar-refractivity contribution >= 4 is 52.5 Å². The molecule has 1 saturated heterocycles. The van der Waals surface area contributed by atoms with Crippen molar-refractivity contribution in [1.82, 2.24) is 9.47 Å². The minimum Gasteiger partial charge on any atom is -0.508 e. The first-order valence-electron chi connectivity index (χ1n) is 10.5. The van der Waals surface area contributed by atoms with Crippen molar-refractivity contribution in [3.8, 4) is 5.75 Å². The first-order valence-corrected chi connectivity index (χ1v) is 12.2. The van der Waals surface area contributed by atoms with Crippen molar-refractivity contribution in [2.45, 2.75) is 22.7 Å². The fourth-order valence-corrected chi connectivity index (χ4v) is 7.19. The number of carbonyl (C=O) groups excluding carboxylic acids is 4. The van der Waals surface area contributed by atoms with Crippen molar-refractivity contribution < 1.29 is 24.3 Å². The zero-order chi connectivity index (χ0) is 24.9. The molecule has 2 aliphatic heterocycles. The van der Waals surface area contributed by atoms with Gasteiger partial charge < -0.3 is 16.2 Å². The predicted molar refractivity (Wildman–Crippen MR) is 128 cm³/mol. The highest BCUT2D eigenvalue weighted by molar-refractivity contribution is 8.00. The fraction of sp³-hybridized carbons (Fsp3) is 0.174. The number of nitrogens with one attached hydrogen (secondary N) is 1. The van der Waals surface area contributed by atoms with E-state index >= 15 is 0 Å². The molecule has 0 aliphatic carbocycles. The number of thioether (sulfide) groups is 1. The first kappa shape index (κ1) is 22.9. The molecule has 0 saturated carbocycles. The summed E-state index contributed by atoms with van der Waals surface area (Å²) >= 11 is 1.79. The van der Waals surface area contributed by atoms with E-state index in [1.807, 2.05) is 0 Å². The van der Waals surface area contributed by atoms with E-state index in [4.69, 9.17) is 5.73 Å². The van der Waals surface area contributed by atoms with Crippen LogP contribution in [0.1, 0.15) is 16.4 Å². The third kappa shape index (κ3) is 3.80. The van der Waals surface area contributed by atoms with Crippen molar-refractivity contribution in [1.29, 1.82) is 0 Å². The Balaban J connectivity index is 1.59. The Morgan fingerprint density at radius 3 is 2.37 bits per heavy atom. The summed E-state index contributed by atoms with van der Waals surface area (Å²) in [5.41, 5.74) is 6.19. The van der Waals surface area contributed by atoms with E-state index in [1.54, 1.807) is 48.5 Å². The maximum absolute atomic E-state index is 13.1. The number of urea groups is 1. The third-order valence-electron chi connectivity index (χ3n) is 5.90. The van der Waals surface area contributed by atoms with Crippen molar-refractivity contribution in [2.24, 2.45) is 11.7 Å². The average molecular weight is 511 g/mol. The van der Waals surface area contributed by atoms with E-state index < -0.39 is 45.7 Å². The second-order valence-corrected chi connectivity index (χ2v) is 10.1. The Morgan fingerprint density at radius 1 is 1.00 bits per heavy atom. The summed E-state index contributed by atoms with van der Waals surface area (Å²) < 4.78 is 1.25. The Bertz CT molecular complexity index is 1430. The molecule has 0 bridgehead atoms. The summed E-state index contributed by atoms with van der Waals surface area (Å²) in [6.07, 6.45) is 0. The van der Waals surface area contributed by atoms with Crippen LogP contribution in [0.15, 0.2) is 64.4 Å². The summed E-state index contributed by atoms with van der Waals surface area (Å²) in [7, 11) is 0. The van der Waals surface area contributed by atoms with Gasteiger partial charge in [0.1, 0.15) is 17.5 Å². The van der Waals surface area contributed by atoms with Gasteiger partial charge in [0.05, 0.1) is 10.9 Å². The van der Waals surface area contributed by atoms with E-state index in [1.165, 1.54) is 10.6 Å². The number of anilines is 1. The molecule has 0 spiro atoms. The zero-order valence-corrected chi connectivity index (χ0v) is 19.5. The molecule has 35 heavy (non-hydrogen) atoms. The Kier molecular flexibility index (Phi) is 5.69. The summed E-state index contributed by atoms with van der Waals surface area (Å²) in [4.78, 5) is 64.1. The highest BCUT2D eigenvalue weighted by atomic mass is 32.2. The smallest absolute Gasteiger partial charge is 0.328 e. The lowest BCUT2D eigenvalue weighted by Crippen LogP contribution is -2.41. The van der Waals surface area contributed by atoms with Crippen LogP contribution in [-0.2, 0) is 20.9 Å². The summed E-state index contributed by atoms with van der Waals surface area (Å²) in [6, 6.07) is 13.8. The lowest BCUT2D eigenvalue weighted by molar-refractivity contribution is -0.135. The number of benzene rings is 2. The van der Waals surface area contributed by atoms with Crippen molar-refractivity contribution in [3.05, 3.63) is 74.7 Å². The summed E-state index contributed by atoms with van der Waals surface area (Å²) in [6.45, 7) is -0.320. The molecule has 5 rings (SSSR count). The van der Waals surface area contributed by atoms with Gasteiger partial charge in [-0.1, -0.05) is 59.5 Å². The SMILES string of the molecule is NC(=O)N1C(=O)C2Sc3c(sc(=O)n3CC(=O)Nc3ccccc3)C(c3ccccc3O)C2C1=O. The highest BCUT2D eigenvalue weighted by Crippen LogP contribution is 2.54. The number of likely N-dealkylation sites (tertiary alicyclic amines) is 1. The number of imide groups is 3. The molecule has 0 radical (unpaired) electrons. The number of amides is 5. The molecule has 3 aromatic rings. The normalized spacial score (nSPS) is 20.9. The van der Waals surface area contributed by atoms with Crippen LogP contribution in [0.2, 0.25) is 0 Å². The predicted octanol–water partition coefficient (Wildman–Crippen LogP) is 1.92. The number of carbonyl (C=O) groups is 4. The van der Waals surface area contributed by atoms with Crippen LogP contribution in [0.5, 0.6) is 5.75 Å². The van der Waals surface area contributed by atoms with Gasteiger partial charge >= 0.3 is 10.9 Å². The molecule has 2 aromatic carbocycles. The molecule has 4 N–H and O–H groups in total. The van der Waals surface area contributed by atoms with E-state index in [2.05, 4.69) is 5.32 Å². The lowest BCUT2D eigenvalue weighted by Gasteiger charge is -2.31. The van der Waals surface area contributed by atoms with Gasteiger partial charge in [0.25, 0.3) is 5.91 Å². The minimum atomic E-state index is -1.19. The number of hydrogen-bond acceptors (Lipinski definition) is 8. The van der Waals surface area contributed by atoms with E-state index in [9.17, 15) is 29.1 Å². The van der Waals surface area contributed by atoms with Crippen molar-refractivity contribution in [2.75, 3.05) is 5.32 Å². The lowest BCUT2D eigenvalue weighted by atomic mass is 9.82. The highest BCUT2D eigenvalue weighted by Gasteiger charge is 2.58. The van der Waals surface area contributed by atoms with E-state index in [0.29, 0.717) is 26.1 Å². The molecule has 5 amide bonds. The van der Waals surface area contributed by atoms with Gasteiger partial charge in [0.2, 0.25) is 11.8 Å². The maximum Gasteiger partial charge on any atom is 0.328 e. The number of fused-ring (bicyclic) bond motifs is 2. The number of primary amides is 1. The molecule has 10 nitrogen and oxygen atoms in total. The number of aromatic hydroxyl groups is 1. The van der Waals surface area contributed by atoms with Crippen LogP contribution in [0.3, 0.4) is 0 Å². The zero-order valence-electron chi connectivity index (χ0n) is 17.9. The van der Waals surface area contributed by atoms with Gasteiger partial charge in [0, 0.05) is 22.0 Å². The number of rotatable bonds is 4. The van der Waals surface area contributed by atoms with Crippen molar-refractivity contribution in [3.63, 3.8) is 0 Å². The minimum absolute atomic E-state index is 0.124. The molecule has 12 heteroatoms. The number of hydrogen-bond donors (Lipinski definition) is 3. The number of phenolic OH excluding ortho intramolecular Hbond substituents is 1. The van der Waals surface area contributed by atoms with Gasteiger partial charge in [-0.25, -0.2) is 4.79 Å². The molecule has 1 aromatic heterocycles. The topological polar surface area (TPSA) is 152 Å². The van der Waals surface area contributed by atoms with Crippen LogP contribution in [0.4, 0.5) is 10.5 Å². The molecular weight excluding hydrogens is 492 g/mol. The first-order chi connectivity index (χ1) is 16.8. The van der Waals surface area contributed by atoms with Crippen LogP contribution in [-0.4, -0.2) is 43.6 Å². The molecule has 2 aliphatic rings. The van der Waals surface area contributed by atoms with Crippen LogP contribution in [0.25, 0.3) is 0 Å². The number of para-hydroxylation sites is 2. The molecular formula is C23H18N4O6S2. The number of aromatic nitrogens is 1. The Labute approximate surface area is 206 Å². The molecule has 3 unspecified atom stereocenters. The Morgan fingerprint density at radius 2 is 1.69 bits per heavy atom. The molecule has 3 heterocycles. The van der Waals surface area contributed by atoms with Gasteiger partial charge in [-0.3, -0.25) is 23.7 Å². The number of nitrogens with zero attached hydrogens (tertiary/aromatic N) is 2. The maximum atomic E-state index is 13.1. The average Bonchev–Trinajstić information content (AvgIpc) is 3.26. The second kappa shape index (κ2) is 8.71. The van der Waals surface area contributed by atoms with E-state index in [0.717, 1.165) is 23.1 Å². The fourth-order valence-electron chi connectivity index (χ4n) is 4.42.